The first-order valence-electron chi connectivity index (χ1n) is 2.90. The van der Waals surface area contributed by atoms with Crippen molar-refractivity contribution in [3.63, 3.8) is 0 Å². The molecule has 56 valence electrons. The first-order valence-corrected chi connectivity index (χ1v) is 3.72. The predicted octanol–water partition coefficient (Wildman–Crippen LogP) is 1.12. The number of nitrogens with one attached hydrogen (secondary N) is 1. The molecule has 0 fully saturated rings. The van der Waals surface area contributed by atoms with E-state index >= 15 is 0 Å². The van der Waals surface area contributed by atoms with E-state index in [0.29, 0.717) is 10.3 Å². The largest absolute Gasteiger partial charge is 0.311 e. The van der Waals surface area contributed by atoms with Crippen molar-refractivity contribution in [1.29, 1.82) is 0 Å². The Hall–Kier alpha value is -1.23. The number of nitrogens with zero attached hydrogens (tertiary/aromatic N) is 1. The molecule has 3 nitrogen and oxygen atoms in total. The average molecular weight is 170 g/mol. The summed E-state index contributed by atoms with van der Waals surface area (Å²) in [5.74, 6) is -0.438. The van der Waals surface area contributed by atoms with Crippen LogP contribution in [0, 0.1) is 5.82 Å². The number of halogens is 1. The Labute approximate surface area is 64.5 Å². The molecule has 0 unspecified atom stereocenters. The molecule has 11 heavy (non-hydrogen) atoms. The molecule has 0 aliphatic heterocycles. The van der Waals surface area contributed by atoms with Gasteiger partial charge in [0.15, 0.2) is 0 Å². The van der Waals surface area contributed by atoms with Crippen LogP contribution in [0.4, 0.5) is 4.39 Å². The third-order valence-corrected chi connectivity index (χ3v) is 2.05. The van der Waals surface area contributed by atoms with Crippen molar-refractivity contribution in [1.82, 2.24) is 9.97 Å². The summed E-state index contributed by atoms with van der Waals surface area (Å²) in [5, 5.41) is 0. The Morgan fingerprint density at radius 3 is 3.27 bits per heavy atom. The van der Waals surface area contributed by atoms with Gasteiger partial charge in [-0.05, 0) is 0 Å². The van der Waals surface area contributed by atoms with Crippen LogP contribution in [0.25, 0.3) is 10.3 Å². The second kappa shape index (κ2) is 2.13. The molecule has 2 aromatic heterocycles. The maximum Gasteiger partial charge on any atom is 0.307 e. The van der Waals surface area contributed by atoms with Crippen molar-refractivity contribution < 1.29 is 4.39 Å². The Kier molecular flexibility index (Phi) is 1.25. The van der Waals surface area contributed by atoms with E-state index in [9.17, 15) is 9.18 Å². The zero-order chi connectivity index (χ0) is 7.84. The Balaban J connectivity index is 2.92. The van der Waals surface area contributed by atoms with Crippen molar-refractivity contribution >= 4 is 21.7 Å². The molecule has 0 spiro atoms. The third-order valence-electron chi connectivity index (χ3n) is 1.24. The maximum absolute atomic E-state index is 12.5. The molecule has 0 aromatic carbocycles. The molecule has 0 bridgehead atoms. The number of fused-ring (bicyclic) bond motifs is 1. The van der Waals surface area contributed by atoms with Gasteiger partial charge in [-0.25, -0.2) is 9.37 Å². The fourth-order valence-corrected chi connectivity index (χ4v) is 1.48. The number of hydrogen-bond donors (Lipinski definition) is 1. The molecule has 0 saturated heterocycles. The lowest BCUT2D eigenvalue weighted by Gasteiger charge is -1.85. The van der Waals surface area contributed by atoms with E-state index < -0.39 is 5.82 Å². The van der Waals surface area contributed by atoms with Crippen LogP contribution < -0.4 is 4.87 Å². The molecular formula is C6H3FN2OS. The zero-order valence-electron chi connectivity index (χ0n) is 5.30. The summed E-state index contributed by atoms with van der Waals surface area (Å²) in [7, 11) is 0. The number of pyridine rings is 1. The summed E-state index contributed by atoms with van der Waals surface area (Å²) in [5.41, 5.74) is 0.458. The van der Waals surface area contributed by atoms with Gasteiger partial charge in [0.05, 0.1) is 11.7 Å². The minimum Gasteiger partial charge on any atom is -0.311 e. The smallest absolute Gasteiger partial charge is 0.307 e. The van der Waals surface area contributed by atoms with Crippen molar-refractivity contribution in [2.24, 2.45) is 0 Å². The van der Waals surface area contributed by atoms with Crippen LogP contribution in [0.5, 0.6) is 0 Å². The van der Waals surface area contributed by atoms with Crippen LogP contribution >= 0.6 is 11.3 Å². The molecule has 0 atom stereocenters. The minimum absolute atomic E-state index is 0.210. The fraction of sp³-hybridized carbons (Fsp3) is 0. The van der Waals surface area contributed by atoms with Gasteiger partial charge in [-0.15, -0.1) is 0 Å². The Morgan fingerprint density at radius 1 is 1.64 bits per heavy atom. The molecule has 0 amide bonds. The molecule has 2 rings (SSSR count). The Morgan fingerprint density at radius 2 is 2.45 bits per heavy atom. The summed E-state index contributed by atoms with van der Waals surface area (Å²) in [6.07, 6.45) is 1.09. The number of rotatable bonds is 0. The van der Waals surface area contributed by atoms with Crippen molar-refractivity contribution in [3.05, 3.63) is 27.7 Å². The third kappa shape index (κ3) is 1.03. The highest BCUT2D eigenvalue weighted by Crippen LogP contribution is 2.10. The second-order valence-corrected chi connectivity index (χ2v) is 2.98. The molecule has 5 heteroatoms. The molecule has 0 radical (unpaired) electrons. The van der Waals surface area contributed by atoms with E-state index in [0.717, 1.165) is 17.5 Å². The molecule has 2 heterocycles. The number of hydrogen-bond acceptors (Lipinski definition) is 3. The normalized spacial score (nSPS) is 10.6. The van der Waals surface area contributed by atoms with Crippen molar-refractivity contribution in [2.45, 2.75) is 0 Å². The van der Waals surface area contributed by atoms with Crippen molar-refractivity contribution in [2.75, 3.05) is 0 Å². The van der Waals surface area contributed by atoms with Gasteiger partial charge in [0.2, 0.25) is 0 Å². The summed E-state index contributed by atoms with van der Waals surface area (Å²) < 4.78 is 12.5. The monoisotopic (exact) mass is 170 g/mol. The summed E-state index contributed by atoms with van der Waals surface area (Å²) in [4.78, 5) is 17.2. The molecule has 2 aromatic rings. The fourth-order valence-electron chi connectivity index (χ4n) is 0.821. The van der Waals surface area contributed by atoms with Crippen LogP contribution in [0.1, 0.15) is 0 Å². The van der Waals surface area contributed by atoms with Gasteiger partial charge in [-0.2, -0.15) is 0 Å². The van der Waals surface area contributed by atoms with Gasteiger partial charge in [0.1, 0.15) is 10.6 Å². The van der Waals surface area contributed by atoms with Crippen LogP contribution in [-0.2, 0) is 0 Å². The number of H-pyrrole nitrogens is 1. The zero-order valence-corrected chi connectivity index (χ0v) is 6.11. The quantitative estimate of drug-likeness (QED) is 0.644. The molecular weight excluding hydrogens is 167 g/mol. The number of aromatic nitrogens is 2. The maximum atomic E-state index is 12.5. The molecule has 0 aliphatic carbocycles. The lowest BCUT2D eigenvalue weighted by molar-refractivity contribution is 0.624. The van der Waals surface area contributed by atoms with E-state index in [-0.39, 0.29) is 4.87 Å². The summed E-state index contributed by atoms with van der Waals surface area (Å²) in [6, 6.07) is 1.25. The van der Waals surface area contributed by atoms with E-state index in [2.05, 4.69) is 9.97 Å². The van der Waals surface area contributed by atoms with Gasteiger partial charge in [-0.1, -0.05) is 11.3 Å². The van der Waals surface area contributed by atoms with Gasteiger partial charge < -0.3 is 4.98 Å². The lowest BCUT2D eigenvalue weighted by atomic mass is 10.4. The minimum atomic E-state index is -0.438. The molecule has 0 saturated carbocycles. The molecule has 0 aliphatic rings. The van der Waals surface area contributed by atoms with Gasteiger partial charge in [0.25, 0.3) is 0 Å². The lowest BCUT2D eigenvalue weighted by Crippen LogP contribution is -1.89. The van der Waals surface area contributed by atoms with E-state index in [4.69, 9.17) is 0 Å². The first-order chi connectivity index (χ1) is 5.25. The predicted molar refractivity (Wildman–Crippen MR) is 40.2 cm³/mol. The highest BCUT2D eigenvalue weighted by Gasteiger charge is 2.00. The highest BCUT2D eigenvalue weighted by atomic mass is 32.1. The standard InChI is InChI=1S/C6H3FN2OS/c7-3-1-4-5(8-2-3)11-6(10)9-4/h1-2H,(H,9,10). The van der Waals surface area contributed by atoms with Gasteiger partial charge >= 0.3 is 4.87 Å². The number of aromatic amines is 1. The number of thiazole rings is 1. The summed E-state index contributed by atoms with van der Waals surface area (Å²) in [6.45, 7) is 0. The van der Waals surface area contributed by atoms with Crippen LogP contribution in [0.15, 0.2) is 17.1 Å². The van der Waals surface area contributed by atoms with Crippen molar-refractivity contribution in [3.8, 4) is 0 Å². The SMILES string of the molecule is O=c1[nH]c2cc(F)cnc2s1. The highest BCUT2D eigenvalue weighted by molar-refractivity contribution is 7.15. The average Bonchev–Trinajstić information content (AvgIpc) is 2.27. The Bertz CT molecular complexity index is 447. The van der Waals surface area contributed by atoms with Gasteiger partial charge in [-0.3, -0.25) is 4.79 Å². The molecule has 1 N–H and O–H groups in total. The van der Waals surface area contributed by atoms with E-state index in [1.807, 2.05) is 0 Å². The topological polar surface area (TPSA) is 45.8 Å². The second-order valence-electron chi connectivity index (χ2n) is 2.02. The van der Waals surface area contributed by atoms with Crippen LogP contribution in [0.2, 0.25) is 0 Å². The van der Waals surface area contributed by atoms with E-state index in [1.165, 1.54) is 6.07 Å². The van der Waals surface area contributed by atoms with E-state index in [1.54, 1.807) is 0 Å². The first kappa shape index (κ1) is 6.48. The van der Waals surface area contributed by atoms with Crippen LogP contribution in [-0.4, -0.2) is 9.97 Å². The van der Waals surface area contributed by atoms with Crippen LogP contribution in [0.3, 0.4) is 0 Å². The summed E-state index contributed by atoms with van der Waals surface area (Å²) >= 11 is 0.972. The van der Waals surface area contributed by atoms with Gasteiger partial charge in [0, 0.05) is 6.07 Å².